The third-order valence-electron chi connectivity index (χ3n) is 4.98. The van der Waals surface area contributed by atoms with Gasteiger partial charge in [-0.05, 0) is 43.2 Å². The first-order valence-electron chi connectivity index (χ1n) is 9.40. The number of anilines is 2. The van der Waals surface area contributed by atoms with Crippen molar-refractivity contribution < 1.29 is 9.66 Å². The molecule has 0 aliphatic carbocycles. The first-order chi connectivity index (χ1) is 14.5. The number of nitro groups is 1. The molecule has 1 heterocycles. The molecule has 0 fully saturated rings. The summed E-state index contributed by atoms with van der Waals surface area (Å²) in [6.45, 7) is 4.07. The molecule has 0 radical (unpaired) electrons. The topological polar surface area (TPSA) is 90.2 Å². The lowest BCUT2D eigenvalue weighted by Crippen LogP contribution is -2.01. The van der Waals surface area contributed by atoms with Gasteiger partial charge in [0.2, 0.25) is 0 Å². The van der Waals surface area contributed by atoms with Gasteiger partial charge in [-0.25, -0.2) is 0 Å². The molecule has 0 amide bonds. The monoisotopic (exact) mass is 400 g/mol. The number of hydrogen-bond donors (Lipinski definition) is 1. The Morgan fingerprint density at radius 2 is 1.73 bits per heavy atom. The summed E-state index contributed by atoms with van der Waals surface area (Å²) in [5.74, 6) is 0.834. The molecule has 1 N–H and O–H groups in total. The molecule has 150 valence electrons. The number of aromatic nitrogens is 2. The minimum atomic E-state index is -0.464. The van der Waals surface area contributed by atoms with Crippen molar-refractivity contribution in [3.63, 3.8) is 0 Å². The van der Waals surface area contributed by atoms with Crippen LogP contribution in [0.4, 0.5) is 17.2 Å². The number of fused-ring (bicyclic) bond motifs is 1. The van der Waals surface area contributed by atoms with Crippen molar-refractivity contribution >= 4 is 28.0 Å². The Kier molecular flexibility index (Phi) is 5.02. The molecule has 4 aromatic rings. The Labute approximate surface area is 173 Å². The zero-order chi connectivity index (χ0) is 21.3. The summed E-state index contributed by atoms with van der Waals surface area (Å²) in [5, 5.41) is 25.3. The average Bonchev–Trinajstić information content (AvgIpc) is 2.76. The van der Waals surface area contributed by atoms with E-state index in [1.807, 2.05) is 38.1 Å². The number of nitrogens with one attached hydrogen (secondary N) is 1. The number of methoxy groups -OCH3 is 1. The van der Waals surface area contributed by atoms with Gasteiger partial charge in [-0.2, -0.15) is 0 Å². The summed E-state index contributed by atoms with van der Waals surface area (Å²) >= 11 is 0. The zero-order valence-electron chi connectivity index (χ0n) is 16.8. The van der Waals surface area contributed by atoms with E-state index in [2.05, 4.69) is 33.7 Å². The maximum Gasteiger partial charge on any atom is 0.311 e. The predicted octanol–water partition coefficient (Wildman–Crippen LogP) is 5.57. The van der Waals surface area contributed by atoms with Crippen molar-refractivity contribution in [1.82, 2.24) is 10.2 Å². The van der Waals surface area contributed by atoms with Crippen molar-refractivity contribution in [2.45, 2.75) is 13.8 Å². The summed E-state index contributed by atoms with van der Waals surface area (Å²) < 4.78 is 5.10. The molecule has 0 bridgehead atoms. The highest BCUT2D eigenvalue weighted by Gasteiger charge is 2.18. The molecule has 0 saturated heterocycles. The highest BCUT2D eigenvalue weighted by Crippen LogP contribution is 2.36. The number of nitro benzene ring substituents is 1. The molecule has 0 saturated carbocycles. The van der Waals surface area contributed by atoms with E-state index in [-0.39, 0.29) is 11.4 Å². The lowest BCUT2D eigenvalue weighted by Gasteiger charge is -2.13. The number of nitrogens with zero attached hydrogens (tertiary/aromatic N) is 3. The lowest BCUT2D eigenvalue weighted by molar-refractivity contribution is -0.385. The maximum absolute atomic E-state index is 11.4. The summed E-state index contributed by atoms with van der Waals surface area (Å²) in [7, 11) is 1.41. The molecular weight excluding hydrogens is 380 g/mol. The van der Waals surface area contributed by atoms with Crippen LogP contribution >= 0.6 is 0 Å². The Bertz CT molecular complexity index is 1270. The number of rotatable bonds is 5. The van der Waals surface area contributed by atoms with E-state index in [1.54, 1.807) is 12.1 Å². The maximum atomic E-state index is 11.4. The van der Waals surface area contributed by atoms with Crippen LogP contribution in [0.15, 0.2) is 60.7 Å². The molecule has 7 nitrogen and oxygen atoms in total. The molecule has 1 aromatic heterocycles. The van der Waals surface area contributed by atoms with Crippen LogP contribution in [-0.2, 0) is 0 Å². The van der Waals surface area contributed by atoms with Gasteiger partial charge >= 0.3 is 5.69 Å². The first kappa shape index (κ1) is 19.3. The van der Waals surface area contributed by atoms with E-state index >= 15 is 0 Å². The predicted molar refractivity (Wildman–Crippen MR) is 117 cm³/mol. The standard InChI is InChI=1S/C23H20N4O3/c1-14-8-9-15(2)19(12-14)24-23-18-7-5-4-6-17(18)22(25-26-23)16-10-11-21(30-3)20(13-16)27(28)29/h4-13H,1-3H3,(H,24,26). The normalized spacial score (nSPS) is 10.8. The first-order valence-corrected chi connectivity index (χ1v) is 9.40. The highest BCUT2D eigenvalue weighted by molar-refractivity contribution is 6.01. The summed E-state index contributed by atoms with van der Waals surface area (Å²) in [6.07, 6.45) is 0. The highest BCUT2D eigenvalue weighted by atomic mass is 16.6. The minimum absolute atomic E-state index is 0.113. The van der Waals surface area contributed by atoms with E-state index in [1.165, 1.54) is 13.2 Å². The van der Waals surface area contributed by atoms with Crippen molar-refractivity contribution in [2.75, 3.05) is 12.4 Å². The van der Waals surface area contributed by atoms with Gasteiger partial charge in [-0.1, -0.05) is 36.4 Å². The largest absolute Gasteiger partial charge is 0.490 e. The molecule has 0 aliphatic heterocycles. The van der Waals surface area contributed by atoms with Gasteiger partial charge in [0.1, 0.15) is 5.69 Å². The third kappa shape index (κ3) is 3.53. The fourth-order valence-corrected chi connectivity index (χ4v) is 3.39. The van der Waals surface area contributed by atoms with E-state index < -0.39 is 4.92 Å². The van der Waals surface area contributed by atoms with Gasteiger partial charge in [0.25, 0.3) is 0 Å². The van der Waals surface area contributed by atoms with Crippen LogP contribution in [-0.4, -0.2) is 22.2 Å². The lowest BCUT2D eigenvalue weighted by atomic mass is 10.0. The van der Waals surface area contributed by atoms with E-state index in [4.69, 9.17) is 4.74 Å². The van der Waals surface area contributed by atoms with Gasteiger partial charge < -0.3 is 10.1 Å². The molecule has 0 spiro atoms. The Morgan fingerprint density at radius 3 is 2.47 bits per heavy atom. The van der Waals surface area contributed by atoms with Crippen molar-refractivity contribution in [3.05, 3.63) is 81.9 Å². The second kappa shape index (κ2) is 7.79. The van der Waals surface area contributed by atoms with Gasteiger partial charge in [0.05, 0.1) is 12.0 Å². The van der Waals surface area contributed by atoms with Crippen LogP contribution < -0.4 is 10.1 Å². The Hall–Kier alpha value is -4.00. The van der Waals surface area contributed by atoms with Crippen LogP contribution in [0.2, 0.25) is 0 Å². The number of hydrogen-bond acceptors (Lipinski definition) is 6. The van der Waals surface area contributed by atoms with Gasteiger partial charge in [0.15, 0.2) is 11.6 Å². The number of aryl methyl sites for hydroxylation is 2. The molecule has 3 aromatic carbocycles. The molecule has 0 aliphatic rings. The Morgan fingerprint density at radius 1 is 0.967 bits per heavy atom. The quantitative estimate of drug-likeness (QED) is 0.348. The SMILES string of the molecule is COc1ccc(-c2nnc(Nc3cc(C)ccc3C)c3ccccc23)cc1[N+](=O)[O-]. The molecule has 4 rings (SSSR count). The van der Waals surface area contributed by atoms with E-state index in [0.29, 0.717) is 17.1 Å². The van der Waals surface area contributed by atoms with Crippen LogP contribution in [0.3, 0.4) is 0 Å². The minimum Gasteiger partial charge on any atom is -0.490 e. The summed E-state index contributed by atoms with van der Waals surface area (Å²) in [4.78, 5) is 11.0. The zero-order valence-corrected chi connectivity index (χ0v) is 16.8. The smallest absolute Gasteiger partial charge is 0.311 e. The van der Waals surface area contributed by atoms with Crippen LogP contribution in [0.25, 0.3) is 22.0 Å². The molecular formula is C23H20N4O3. The van der Waals surface area contributed by atoms with Gasteiger partial charge in [-0.3, -0.25) is 10.1 Å². The van der Waals surface area contributed by atoms with E-state index in [0.717, 1.165) is 27.6 Å². The fraction of sp³-hybridized carbons (Fsp3) is 0.130. The van der Waals surface area contributed by atoms with Crippen LogP contribution in [0.1, 0.15) is 11.1 Å². The second-order valence-corrected chi connectivity index (χ2v) is 7.03. The number of benzene rings is 3. The van der Waals surface area contributed by atoms with Crippen molar-refractivity contribution in [3.8, 4) is 17.0 Å². The summed E-state index contributed by atoms with van der Waals surface area (Å²) in [5.41, 5.74) is 4.26. The number of ether oxygens (including phenoxy) is 1. The summed E-state index contributed by atoms with van der Waals surface area (Å²) in [6, 6.07) is 18.7. The second-order valence-electron chi connectivity index (χ2n) is 7.03. The van der Waals surface area contributed by atoms with E-state index in [9.17, 15) is 10.1 Å². The average molecular weight is 400 g/mol. The van der Waals surface area contributed by atoms with Gasteiger partial charge in [0, 0.05) is 28.1 Å². The van der Waals surface area contributed by atoms with Crippen LogP contribution in [0.5, 0.6) is 5.75 Å². The molecule has 30 heavy (non-hydrogen) atoms. The molecule has 7 heteroatoms. The Balaban J connectivity index is 1.85. The third-order valence-corrected chi connectivity index (χ3v) is 4.98. The van der Waals surface area contributed by atoms with Crippen LogP contribution in [0, 0.1) is 24.0 Å². The molecule has 0 unspecified atom stereocenters. The fourth-order valence-electron chi connectivity index (χ4n) is 3.39. The molecule has 0 atom stereocenters. The van der Waals surface area contributed by atoms with Gasteiger partial charge in [-0.15, -0.1) is 10.2 Å². The van der Waals surface area contributed by atoms with Crippen molar-refractivity contribution in [2.24, 2.45) is 0 Å². The van der Waals surface area contributed by atoms with Crippen molar-refractivity contribution in [1.29, 1.82) is 0 Å².